The molecule has 5 rings (SSSR count). The van der Waals surface area contributed by atoms with Crippen LogP contribution >= 0.6 is 0 Å². The number of hydrogen-bond donors (Lipinski definition) is 1. The first-order chi connectivity index (χ1) is 16.1. The summed E-state index contributed by atoms with van der Waals surface area (Å²) in [5.74, 6) is 2.46. The quantitative estimate of drug-likeness (QED) is 0.587. The number of methoxy groups -OCH3 is 2. The molecule has 3 aromatic rings. The van der Waals surface area contributed by atoms with Gasteiger partial charge in [-0.05, 0) is 68.8 Å². The highest BCUT2D eigenvalue weighted by atomic mass is 16.5. The molecule has 0 amide bonds. The van der Waals surface area contributed by atoms with Gasteiger partial charge in [-0.2, -0.15) is 0 Å². The van der Waals surface area contributed by atoms with Crippen LogP contribution in [0.5, 0.6) is 11.5 Å². The molecule has 0 bridgehead atoms. The van der Waals surface area contributed by atoms with Gasteiger partial charge in [0, 0.05) is 29.0 Å². The molecule has 2 atom stereocenters. The molecule has 2 aromatic carbocycles. The minimum absolute atomic E-state index is 0.140. The first-order valence-corrected chi connectivity index (χ1v) is 11.7. The van der Waals surface area contributed by atoms with Crippen LogP contribution in [0, 0.1) is 0 Å². The summed E-state index contributed by atoms with van der Waals surface area (Å²) < 4.78 is 11.1. The van der Waals surface area contributed by atoms with Gasteiger partial charge in [-0.3, -0.25) is 4.99 Å². The number of hydrogen-bond acceptors (Lipinski definition) is 6. The van der Waals surface area contributed by atoms with E-state index in [1.54, 1.807) is 14.2 Å². The zero-order valence-electron chi connectivity index (χ0n) is 19.7. The van der Waals surface area contributed by atoms with Gasteiger partial charge in [0.2, 0.25) is 0 Å². The molecular formula is C27H32N4O2. The zero-order chi connectivity index (χ0) is 22.8. The van der Waals surface area contributed by atoms with Crippen molar-refractivity contribution in [3.8, 4) is 11.5 Å². The standard InChI is InChI=1S/C27H32N4O2/c1-31-15-14-27(20-9-10-23(32-2)24(16-20)33-3)13-12-21(17-25(27)31)28-18-29-26-11-8-19-6-4-5-7-22(19)30-26/h4-11,16,25H,12-15,17-18H2,1-3H3,(H,29,30). The Labute approximate surface area is 195 Å². The molecule has 33 heavy (non-hydrogen) atoms. The number of likely N-dealkylation sites (tertiary alicyclic amines) is 1. The fourth-order valence-corrected chi connectivity index (χ4v) is 5.62. The van der Waals surface area contributed by atoms with Gasteiger partial charge >= 0.3 is 0 Å². The monoisotopic (exact) mass is 444 g/mol. The Morgan fingerprint density at radius 1 is 1.06 bits per heavy atom. The third-order valence-electron chi connectivity index (χ3n) is 7.49. The Morgan fingerprint density at radius 2 is 1.91 bits per heavy atom. The lowest BCUT2D eigenvalue weighted by Gasteiger charge is -2.42. The fraction of sp³-hybridized carbons (Fsp3) is 0.407. The van der Waals surface area contributed by atoms with Gasteiger partial charge in [0.05, 0.1) is 19.7 Å². The van der Waals surface area contributed by atoms with E-state index in [1.165, 1.54) is 11.3 Å². The molecule has 172 valence electrons. The second-order valence-corrected chi connectivity index (χ2v) is 9.12. The van der Waals surface area contributed by atoms with Crippen molar-refractivity contribution in [3.05, 3.63) is 60.2 Å². The molecule has 0 radical (unpaired) electrons. The number of ether oxygens (including phenoxy) is 2. The lowest BCUT2D eigenvalue weighted by molar-refractivity contribution is 0.226. The largest absolute Gasteiger partial charge is 0.493 e. The molecule has 1 aromatic heterocycles. The molecule has 6 nitrogen and oxygen atoms in total. The van der Waals surface area contributed by atoms with Crippen molar-refractivity contribution in [2.45, 2.75) is 37.1 Å². The SMILES string of the molecule is COc1ccc(C23CCC(=NCNc4ccc5ccccc5n4)CC2N(C)CC3)cc1OC. The first kappa shape index (κ1) is 21.7. The summed E-state index contributed by atoms with van der Waals surface area (Å²) >= 11 is 0. The number of rotatable bonds is 6. The van der Waals surface area contributed by atoms with Gasteiger partial charge in [-0.15, -0.1) is 0 Å². The average molecular weight is 445 g/mol. The molecule has 1 aliphatic heterocycles. The molecule has 1 saturated heterocycles. The van der Waals surface area contributed by atoms with Crippen molar-refractivity contribution in [2.75, 3.05) is 39.8 Å². The minimum atomic E-state index is 0.140. The maximum atomic E-state index is 5.61. The summed E-state index contributed by atoms with van der Waals surface area (Å²) in [5.41, 5.74) is 3.78. The van der Waals surface area contributed by atoms with Crippen LogP contribution in [0.25, 0.3) is 10.9 Å². The van der Waals surface area contributed by atoms with Crippen LogP contribution in [0.15, 0.2) is 59.6 Å². The molecule has 1 N–H and O–H groups in total. The molecular weight excluding hydrogens is 412 g/mol. The van der Waals surface area contributed by atoms with Gasteiger partial charge in [0.25, 0.3) is 0 Å². The zero-order valence-corrected chi connectivity index (χ0v) is 19.7. The van der Waals surface area contributed by atoms with E-state index in [0.717, 1.165) is 60.4 Å². The molecule has 6 heteroatoms. The number of likely N-dealkylation sites (N-methyl/N-ethyl adjacent to an activating group) is 1. The Balaban J connectivity index is 1.31. The smallest absolute Gasteiger partial charge is 0.161 e. The Kier molecular flexibility index (Phi) is 5.94. The van der Waals surface area contributed by atoms with Crippen LogP contribution < -0.4 is 14.8 Å². The van der Waals surface area contributed by atoms with Crippen LogP contribution in [0.1, 0.15) is 31.2 Å². The van der Waals surface area contributed by atoms with E-state index in [4.69, 9.17) is 19.5 Å². The minimum Gasteiger partial charge on any atom is -0.493 e. The summed E-state index contributed by atoms with van der Waals surface area (Å²) in [5, 5.41) is 4.53. The van der Waals surface area contributed by atoms with Gasteiger partial charge in [0.15, 0.2) is 11.5 Å². The number of anilines is 1. The number of nitrogens with one attached hydrogen (secondary N) is 1. The maximum absolute atomic E-state index is 5.61. The lowest BCUT2D eigenvalue weighted by Crippen LogP contribution is -2.46. The predicted octanol–water partition coefficient (Wildman–Crippen LogP) is 4.89. The van der Waals surface area contributed by atoms with Crippen LogP contribution in [-0.4, -0.2) is 56.1 Å². The highest BCUT2D eigenvalue weighted by Gasteiger charge is 2.49. The Bertz CT molecular complexity index is 1180. The fourth-order valence-electron chi connectivity index (χ4n) is 5.62. The van der Waals surface area contributed by atoms with Gasteiger partial charge in [0.1, 0.15) is 12.5 Å². The topological polar surface area (TPSA) is 59.0 Å². The second-order valence-electron chi connectivity index (χ2n) is 9.12. The normalized spacial score (nSPS) is 24.1. The van der Waals surface area contributed by atoms with Crippen molar-refractivity contribution in [1.29, 1.82) is 0 Å². The summed E-state index contributed by atoms with van der Waals surface area (Å²) in [6.07, 6.45) is 4.28. The summed E-state index contributed by atoms with van der Waals surface area (Å²) in [6, 6.07) is 19.2. The highest BCUT2D eigenvalue weighted by Crippen LogP contribution is 2.49. The van der Waals surface area contributed by atoms with E-state index < -0.39 is 0 Å². The van der Waals surface area contributed by atoms with E-state index in [2.05, 4.69) is 41.5 Å². The second kappa shape index (κ2) is 9.02. The molecule has 2 fully saturated rings. The Morgan fingerprint density at radius 3 is 2.76 bits per heavy atom. The van der Waals surface area contributed by atoms with Crippen molar-refractivity contribution in [3.63, 3.8) is 0 Å². The van der Waals surface area contributed by atoms with Gasteiger partial charge in [-0.1, -0.05) is 24.3 Å². The van der Waals surface area contributed by atoms with Crippen LogP contribution in [0.3, 0.4) is 0 Å². The van der Waals surface area contributed by atoms with Gasteiger partial charge in [-0.25, -0.2) is 4.98 Å². The average Bonchev–Trinajstić information content (AvgIpc) is 3.20. The van der Waals surface area contributed by atoms with Crippen molar-refractivity contribution in [2.24, 2.45) is 4.99 Å². The van der Waals surface area contributed by atoms with E-state index in [-0.39, 0.29) is 5.41 Å². The first-order valence-electron chi connectivity index (χ1n) is 11.7. The van der Waals surface area contributed by atoms with E-state index in [1.807, 2.05) is 30.3 Å². The summed E-state index contributed by atoms with van der Waals surface area (Å²) in [6.45, 7) is 1.66. The van der Waals surface area contributed by atoms with Crippen molar-refractivity contribution >= 4 is 22.4 Å². The van der Waals surface area contributed by atoms with Gasteiger partial charge < -0.3 is 19.7 Å². The van der Waals surface area contributed by atoms with Crippen molar-refractivity contribution < 1.29 is 9.47 Å². The number of benzene rings is 2. The van der Waals surface area contributed by atoms with Crippen LogP contribution in [0.2, 0.25) is 0 Å². The predicted molar refractivity (Wildman–Crippen MR) is 134 cm³/mol. The molecule has 2 unspecified atom stereocenters. The maximum Gasteiger partial charge on any atom is 0.161 e. The molecule has 2 heterocycles. The number of nitrogens with zero attached hydrogens (tertiary/aromatic N) is 3. The number of pyridine rings is 1. The van der Waals surface area contributed by atoms with Crippen LogP contribution in [0.4, 0.5) is 5.82 Å². The third kappa shape index (κ3) is 4.04. The number of para-hydroxylation sites is 1. The molecule has 2 aliphatic rings. The summed E-state index contributed by atoms with van der Waals surface area (Å²) in [4.78, 5) is 12.1. The number of aliphatic imine (C=N–C) groups is 1. The third-order valence-corrected chi connectivity index (χ3v) is 7.49. The summed E-state index contributed by atoms with van der Waals surface area (Å²) in [7, 11) is 5.64. The number of fused-ring (bicyclic) bond motifs is 2. The molecule has 1 aliphatic carbocycles. The van der Waals surface area contributed by atoms with E-state index in [0.29, 0.717) is 12.7 Å². The highest BCUT2D eigenvalue weighted by molar-refractivity contribution is 5.87. The van der Waals surface area contributed by atoms with Crippen LogP contribution in [-0.2, 0) is 5.41 Å². The molecule has 0 spiro atoms. The van der Waals surface area contributed by atoms with Crippen molar-refractivity contribution in [1.82, 2.24) is 9.88 Å². The lowest BCUT2D eigenvalue weighted by atomic mass is 9.65. The van der Waals surface area contributed by atoms with E-state index in [9.17, 15) is 0 Å². The number of aromatic nitrogens is 1. The van der Waals surface area contributed by atoms with E-state index >= 15 is 0 Å². The Hall–Kier alpha value is -3.12. The molecule has 1 saturated carbocycles.